The molecule has 5 heteroatoms. The minimum absolute atomic E-state index is 0.864. The molecule has 3 nitrogen and oxygen atoms in total. The van der Waals surface area contributed by atoms with E-state index in [1.807, 2.05) is 24.3 Å². The highest BCUT2D eigenvalue weighted by atomic mass is 79.9. The maximum atomic E-state index is 4.34. The van der Waals surface area contributed by atoms with E-state index >= 15 is 0 Å². The van der Waals surface area contributed by atoms with Gasteiger partial charge in [0.2, 0.25) is 0 Å². The number of rotatable bonds is 3. The van der Waals surface area contributed by atoms with E-state index in [1.54, 1.807) is 17.7 Å². The molecule has 0 unspecified atom stereocenters. The minimum Gasteiger partial charge on any atom is -0.340 e. The van der Waals surface area contributed by atoms with Crippen molar-refractivity contribution in [3.8, 4) is 0 Å². The summed E-state index contributed by atoms with van der Waals surface area (Å²) in [5.74, 6) is 0.864. The number of fused-ring (bicyclic) bond motifs is 1. The molecular weight excluding hydrogens is 322 g/mol. The van der Waals surface area contributed by atoms with Gasteiger partial charge in [-0.15, -0.1) is 11.3 Å². The van der Waals surface area contributed by atoms with Crippen LogP contribution in [0.4, 0.5) is 11.5 Å². The highest BCUT2D eigenvalue weighted by Gasteiger charge is 2.08. The lowest BCUT2D eigenvalue weighted by molar-refractivity contribution is 1.19. The quantitative estimate of drug-likeness (QED) is 0.750. The molecule has 2 aromatic heterocycles. The molecular formula is C14H12BrN3S. The van der Waals surface area contributed by atoms with Crippen LogP contribution >= 0.6 is 27.3 Å². The molecule has 0 amide bonds. The Bertz CT molecular complexity index is 706. The molecule has 0 spiro atoms. The van der Waals surface area contributed by atoms with Gasteiger partial charge in [0.05, 0.1) is 5.39 Å². The molecule has 19 heavy (non-hydrogen) atoms. The predicted octanol–water partition coefficient (Wildman–Crippen LogP) is 4.76. The van der Waals surface area contributed by atoms with Gasteiger partial charge in [-0.3, -0.25) is 0 Å². The second-order valence-corrected chi connectivity index (χ2v) is 6.17. The number of hydrogen-bond donors (Lipinski definition) is 1. The largest absolute Gasteiger partial charge is 0.340 e. The van der Waals surface area contributed by atoms with Gasteiger partial charge in [-0.05, 0) is 36.8 Å². The van der Waals surface area contributed by atoms with Crippen molar-refractivity contribution in [2.75, 3.05) is 5.32 Å². The van der Waals surface area contributed by atoms with Gasteiger partial charge in [0.25, 0.3) is 0 Å². The van der Waals surface area contributed by atoms with Gasteiger partial charge in [-0.1, -0.05) is 22.9 Å². The molecule has 2 heterocycles. The molecule has 0 saturated carbocycles. The first-order valence-electron chi connectivity index (χ1n) is 6.02. The van der Waals surface area contributed by atoms with Crippen molar-refractivity contribution >= 4 is 49.0 Å². The number of aryl methyl sites for hydroxylation is 1. The maximum absolute atomic E-state index is 4.34. The molecule has 3 aromatic rings. The molecule has 3 rings (SSSR count). The Morgan fingerprint density at radius 3 is 2.74 bits per heavy atom. The van der Waals surface area contributed by atoms with Crippen LogP contribution in [0.15, 0.2) is 41.1 Å². The summed E-state index contributed by atoms with van der Waals surface area (Å²) in [5.41, 5.74) is 1.02. The number of anilines is 2. The van der Waals surface area contributed by atoms with Gasteiger partial charge in [0.1, 0.15) is 17.0 Å². The fourth-order valence-electron chi connectivity index (χ4n) is 1.85. The number of nitrogens with one attached hydrogen (secondary N) is 1. The van der Waals surface area contributed by atoms with Gasteiger partial charge < -0.3 is 5.32 Å². The van der Waals surface area contributed by atoms with Crippen molar-refractivity contribution in [1.82, 2.24) is 9.97 Å². The summed E-state index contributed by atoms with van der Waals surface area (Å²) in [7, 11) is 0. The third-order valence-corrected chi connectivity index (χ3v) is 4.55. The standard InChI is InChI=1S/C14H12BrN3S/c1-2-11-7-12-13(16-8-17-14(12)19-11)18-10-5-3-9(15)4-6-10/h3-8H,2H2,1H3,(H,16,17,18). The van der Waals surface area contributed by atoms with Crippen molar-refractivity contribution in [2.45, 2.75) is 13.3 Å². The van der Waals surface area contributed by atoms with E-state index in [4.69, 9.17) is 0 Å². The third kappa shape index (κ3) is 2.62. The summed E-state index contributed by atoms with van der Waals surface area (Å²) in [5, 5.41) is 4.44. The van der Waals surface area contributed by atoms with Crippen LogP contribution in [0.1, 0.15) is 11.8 Å². The van der Waals surface area contributed by atoms with E-state index in [0.717, 1.165) is 32.6 Å². The van der Waals surface area contributed by atoms with Crippen molar-refractivity contribution in [3.63, 3.8) is 0 Å². The fourth-order valence-corrected chi connectivity index (χ4v) is 3.05. The molecule has 0 fully saturated rings. The number of halogens is 1. The molecule has 96 valence electrons. The number of aromatic nitrogens is 2. The van der Waals surface area contributed by atoms with Crippen molar-refractivity contribution in [1.29, 1.82) is 0 Å². The summed E-state index contributed by atoms with van der Waals surface area (Å²) in [4.78, 5) is 11.0. The average molecular weight is 334 g/mol. The van der Waals surface area contributed by atoms with Crippen LogP contribution in [0.2, 0.25) is 0 Å². The van der Waals surface area contributed by atoms with Crippen LogP contribution < -0.4 is 5.32 Å². The van der Waals surface area contributed by atoms with Crippen LogP contribution in [0.25, 0.3) is 10.2 Å². The zero-order valence-electron chi connectivity index (χ0n) is 10.4. The van der Waals surface area contributed by atoms with E-state index in [9.17, 15) is 0 Å². The zero-order chi connectivity index (χ0) is 13.2. The second-order valence-electron chi connectivity index (χ2n) is 4.14. The highest BCUT2D eigenvalue weighted by Crippen LogP contribution is 2.30. The topological polar surface area (TPSA) is 37.8 Å². The Balaban J connectivity index is 2.00. The molecule has 0 atom stereocenters. The lowest BCUT2D eigenvalue weighted by Crippen LogP contribution is -1.94. The first-order valence-corrected chi connectivity index (χ1v) is 7.63. The highest BCUT2D eigenvalue weighted by molar-refractivity contribution is 9.10. The number of benzene rings is 1. The summed E-state index contributed by atoms with van der Waals surface area (Å²) in [6, 6.07) is 10.2. The van der Waals surface area contributed by atoms with E-state index in [-0.39, 0.29) is 0 Å². The third-order valence-electron chi connectivity index (χ3n) is 2.84. The Labute approximate surface area is 123 Å². The Hall–Kier alpha value is -1.46. The molecule has 1 N–H and O–H groups in total. The lowest BCUT2D eigenvalue weighted by Gasteiger charge is -2.06. The summed E-state index contributed by atoms with van der Waals surface area (Å²) in [6.07, 6.45) is 2.64. The first kappa shape index (κ1) is 12.6. The van der Waals surface area contributed by atoms with Crippen molar-refractivity contribution in [2.24, 2.45) is 0 Å². The molecule has 1 aromatic carbocycles. The minimum atomic E-state index is 0.864. The van der Waals surface area contributed by atoms with E-state index < -0.39 is 0 Å². The molecule has 0 aliphatic carbocycles. The lowest BCUT2D eigenvalue weighted by atomic mass is 10.3. The predicted molar refractivity (Wildman–Crippen MR) is 84.2 cm³/mol. The monoisotopic (exact) mass is 333 g/mol. The number of nitrogens with zero attached hydrogens (tertiary/aromatic N) is 2. The van der Waals surface area contributed by atoms with Crippen LogP contribution in [0.3, 0.4) is 0 Å². The first-order chi connectivity index (χ1) is 9.26. The van der Waals surface area contributed by atoms with Gasteiger partial charge in [0, 0.05) is 15.0 Å². The number of thiophene rings is 1. The molecule has 0 aliphatic heterocycles. The van der Waals surface area contributed by atoms with Crippen LogP contribution in [-0.4, -0.2) is 9.97 Å². The molecule has 0 bridgehead atoms. The molecule has 0 radical (unpaired) electrons. The second kappa shape index (κ2) is 5.27. The van der Waals surface area contributed by atoms with Gasteiger partial charge >= 0.3 is 0 Å². The smallest absolute Gasteiger partial charge is 0.142 e. The van der Waals surface area contributed by atoms with Gasteiger partial charge in [-0.2, -0.15) is 0 Å². The SMILES string of the molecule is CCc1cc2c(Nc3ccc(Br)cc3)ncnc2s1. The molecule has 0 aliphatic rings. The zero-order valence-corrected chi connectivity index (χ0v) is 12.8. The van der Waals surface area contributed by atoms with Crippen LogP contribution in [0, 0.1) is 0 Å². The van der Waals surface area contributed by atoms with Gasteiger partial charge in [0.15, 0.2) is 0 Å². The fraction of sp³-hybridized carbons (Fsp3) is 0.143. The maximum Gasteiger partial charge on any atom is 0.142 e. The normalized spacial score (nSPS) is 10.8. The summed E-state index contributed by atoms with van der Waals surface area (Å²) >= 11 is 5.16. The Kier molecular flexibility index (Phi) is 3.48. The van der Waals surface area contributed by atoms with Gasteiger partial charge in [-0.25, -0.2) is 9.97 Å². The van der Waals surface area contributed by atoms with E-state index in [0.29, 0.717) is 0 Å². The van der Waals surface area contributed by atoms with Crippen molar-refractivity contribution in [3.05, 3.63) is 46.0 Å². The summed E-state index contributed by atoms with van der Waals surface area (Å²) in [6.45, 7) is 2.15. The van der Waals surface area contributed by atoms with E-state index in [2.05, 4.69) is 44.2 Å². The van der Waals surface area contributed by atoms with Crippen LogP contribution in [-0.2, 0) is 6.42 Å². The Morgan fingerprint density at radius 1 is 1.21 bits per heavy atom. The average Bonchev–Trinajstić information content (AvgIpc) is 2.85. The summed E-state index contributed by atoms with van der Waals surface area (Å²) < 4.78 is 1.06. The van der Waals surface area contributed by atoms with Crippen LogP contribution in [0.5, 0.6) is 0 Å². The van der Waals surface area contributed by atoms with E-state index in [1.165, 1.54) is 4.88 Å². The Morgan fingerprint density at radius 2 is 2.00 bits per heavy atom. The molecule has 0 saturated heterocycles. The number of hydrogen-bond acceptors (Lipinski definition) is 4. The van der Waals surface area contributed by atoms with Crippen molar-refractivity contribution < 1.29 is 0 Å².